The van der Waals surface area contributed by atoms with Crippen LogP contribution in [0.4, 0.5) is 0 Å². The molecule has 4 aliphatic carbocycles. The second-order valence-electron chi connectivity index (χ2n) is 9.60. The quantitative estimate of drug-likeness (QED) is 0.387. The third kappa shape index (κ3) is 2.99. The lowest BCUT2D eigenvalue weighted by atomic mass is 9.46. The van der Waals surface area contributed by atoms with Crippen LogP contribution < -0.4 is 0 Å². The van der Waals surface area contributed by atoms with Gasteiger partial charge < -0.3 is 20.4 Å². The molecule has 0 saturated heterocycles. The van der Waals surface area contributed by atoms with E-state index in [1.807, 2.05) is 6.08 Å². The predicted octanol–water partition coefficient (Wildman–Crippen LogP) is 2.64. The van der Waals surface area contributed by atoms with Crippen LogP contribution in [-0.4, -0.2) is 44.8 Å². The molecule has 0 radical (unpaired) electrons. The van der Waals surface area contributed by atoms with Crippen molar-refractivity contribution >= 4 is 0 Å². The van der Waals surface area contributed by atoms with Crippen LogP contribution in [0.1, 0.15) is 65.7 Å². The molecule has 0 unspecified atom stereocenters. The Hall–Kier alpha value is -0.860. The molecule has 3 fully saturated rings. The summed E-state index contributed by atoms with van der Waals surface area (Å²) in [5, 5.41) is 39.6. The lowest BCUT2D eigenvalue weighted by molar-refractivity contribution is -0.123. The van der Waals surface area contributed by atoms with Crippen LogP contribution in [-0.2, 0) is 0 Å². The van der Waals surface area contributed by atoms with Crippen molar-refractivity contribution in [3.05, 3.63) is 11.6 Å². The van der Waals surface area contributed by atoms with E-state index in [0.29, 0.717) is 18.8 Å². The number of hydrogen-bond acceptors (Lipinski definition) is 4. The van der Waals surface area contributed by atoms with Crippen molar-refractivity contribution in [1.82, 2.24) is 0 Å². The fourth-order valence-corrected chi connectivity index (χ4v) is 6.88. The van der Waals surface area contributed by atoms with Crippen molar-refractivity contribution in [2.45, 2.75) is 83.5 Å². The fraction of sp³-hybridized carbons (Fsp3) is 0.826. The number of aliphatic hydroxyl groups excluding tert-OH is 3. The summed E-state index contributed by atoms with van der Waals surface area (Å²) in [6, 6.07) is 0. The molecule has 0 bridgehead atoms. The molecule has 0 aliphatic heterocycles. The normalized spacial score (nSPS) is 50.9. The highest BCUT2D eigenvalue weighted by Gasteiger charge is 2.64. The number of rotatable bonds is 0. The molecular weight excluding hydrogens is 340 g/mol. The maximum atomic E-state index is 11.0. The van der Waals surface area contributed by atoms with Gasteiger partial charge in [-0.1, -0.05) is 31.4 Å². The highest BCUT2D eigenvalue weighted by Crippen LogP contribution is 2.66. The average molecular weight is 377 g/mol. The summed E-state index contributed by atoms with van der Waals surface area (Å²) in [5.74, 6) is 3.56. The Labute approximate surface area is 163 Å². The van der Waals surface area contributed by atoms with E-state index >= 15 is 0 Å². The summed E-state index contributed by atoms with van der Waals surface area (Å²) in [6.45, 7) is 6.40. The van der Waals surface area contributed by atoms with Crippen molar-refractivity contribution in [1.29, 1.82) is 0 Å². The topological polar surface area (TPSA) is 80.9 Å². The standard InChI is InChI=1S/C21H30O3.C2H6O/c1-4-21(24)10-7-16-18-15(6-9-20(16,21)3)19(2)8-5-14(22)11-13(19)12-17(18)23;1-2-3/h1,12,14-18,22-24H,5-11H2,2-3H3;3H,2H2,1H3/t14-,15-,16-,17-,18+,19-,20-,21-;/m0./s1. The van der Waals surface area contributed by atoms with Gasteiger partial charge in [0.2, 0.25) is 0 Å². The van der Waals surface area contributed by atoms with Gasteiger partial charge in [0.05, 0.1) is 12.2 Å². The first kappa shape index (κ1) is 20.9. The second kappa shape index (κ2) is 7.19. The van der Waals surface area contributed by atoms with Crippen molar-refractivity contribution in [2.75, 3.05) is 6.61 Å². The Bertz CT molecular complexity index is 637. The summed E-state index contributed by atoms with van der Waals surface area (Å²) < 4.78 is 0. The maximum Gasteiger partial charge on any atom is 0.130 e. The van der Waals surface area contributed by atoms with Crippen LogP contribution in [0.3, 0.4) is 0 Å². The van der Waals surface area contributed by atoms with Gasteiger partial charge in [0.15, 0.2) is 0 Å². The molecule has 4 heteroatoms. The van der Waals surface area contributed by atoms with Crippen molar-refractivity contribution in [3.8, 4) is 12.3 Å². The Balaban J connectivity index is 0.000000659. The van der Waals surface area contributed by atoms with E-state index in [2.05, 4.69) is 19.8 Å². The zero-order valence-corrected chi connectivity index (χ0v) is 17.0. The van der Waals surface area contributed by atoms with Gasteiger partial charge in [-0.15, -0.1) is 6.42 Å². The van der Waals surface area contributed by atoms with E-state index in [1.165, 1.54) is 5.57 Å². The Morgan fingerprint density at radius 2 is 1.74 bits per heavy atom. The van der Waals surface area contributed by atoms with Gasteiger partial charge in [-0.3, -0.25) is 0 Å². The van der Waals surface area contributed by atoms with Crippen molar-refractivity contribution in [3.63, 3.8) is 0 Å². The van der Waals surface area contributed by atoms with Gasteiger partial charge in [0, 0.05) is 12.0 Å². The van der Waals surface area contributed by atoms with Crippen LogP contribution in [0.15, 0.2) is 11.6 Å². The molecule has 4 rings (SSSR count). The number of fused-ring (bicyclic) bond motifs is 5. The first-order valence-electron chi connectivity index (χ1n) is 10.5. The minimum absolute atomic E-state index is 0.0846. The summed E-state index contributed by atoms with van der Waals surface area (Å²) >= 11 is 0. The van der Waals surface area contributed by atoms with Gasteiger partial charge >= 0.3 is 0 Å². The minimum atomic E-state index is -1.03. The SMILES string of the molecule is C#C[C@]1(O)CC[C@H]2[C@@H]3[C@@H](O)C=C4C[C@@H](O)CC[C@]4(C)[C@H]3CC[C@@]21C.CCO. The molecule has 0 spiro atoms. The minimum Gasteiger partial charge on any atom is -0.397 e. The molecular formula is C23H36O4. The van der Waals surface area contributed by atoms with Crippen LogP contribution in [0.25, 0.3) is 0 Å². The van der Waals surface area contributed by atoms with Crippen LogP contribution in [0.5, 0.6) is 0 Å². The molecule has 4 aliphatic rings. The van der Waals surface area contributed by atoms with Crippen LogP contribution in [0, 0.1) is 40.9 Å². The summed E-state index contributed by atoms with van der Waals surface area (Å²) in [4.78, 5) is 0. The monoisotopic (exact) mass is 376 g/mol. The molecule has 27 heavy (non-hydrogen) atoms. The fourth-order valence-electron chi connectivity index (χ4n) is 6.88. The number of terminal acetylenes is 1. The predicted molar refractivity (Wildman–Crippen MR) is 106 cm³/mol. The van der Waals surface area contributed by atoms with Gasteiger partial charge in [0.25, 0.3) is 0 Å². The summed E-state index contributed by atoms with van der Waals surface area (Å²) in [5.41, 5.74) is 0.0145. The largest absolute Gasteiger partial charge is 0.397 e. The third-order valence-corrected chi connectivity index (χ3v) is 8.49. The molecule has 0 aromatic rings. The summed E-state index contributed by atoms with van der Waals surface area (Å²) in [7, 11) is 0. The number of hydrogen-bond donors (Lipinski definition) is 4. The molecule has 0 heterocycles. The Kier molecular flexibility index (Phi) is 5.56. The molecule has 152 valence electrons. The first-order valence-corrected chi connectivity index (χ1v) is 10.5. The molecule has 0 aromatic heterocycles. The van der Waals surface area contributed by atoms with E-state index in [9.17, 15) is 15.3 Å². The Morgan fingerprint density at radius 1 is 1.11 bits per heavy atom. The first-order chi connectivity index (χ1) is 12.7. The van der Waals surface area contributed by atoms with Crippen molar-refractivity contribution in [2.24, 2.45) is 28.6 Å². The molecule has 8 atom stereocenters. The molecule has 0 amide bonds. The summed E-state index contributed by atoms with van der Waals surface area (Å²) in [6.07, 6.45) is 13.0. The molecule has 4 nitrogen and oxygen atoms in total. The van der Waals surface area contributed by atoms with Gasteiger partial charge in [-0.2, -0.15) is 0 Å². The molecule has 0 aromatic carbocycles. The van der Waals surface area contributed by atoms with Gasteiger partial charge in [-0.05, 0) is 75.0 Å². The third-order valence-electron chi connectivity index (χ3n) is 8.49. The van der Waals surface area contributed by atoms with E-state index < -0.39 is 11.7 Å². The molecule has 4 N–H and O–H groups in total. The number of aliphatic hydroxyl groups is 4. The van der Waals surface area contributed by atoms with E-state index in [4.69, 9.17) is 11.5 Å². The lowest BCUT2D eigenvalue weighted by Crippen LogP contribution is -2.57. The maximum absolute atomic E-state index is 11.0. The van der Waals surface area contributed by atoms with Crippen LogP contribution >= 0.6 is 0 Å². The zero-order chi connectivity index (χ0) is 20.0. The highest BCUT2D eigenvalue weighted by molar-refractivity contribution is 5.30. The Morgan fingerprint density at radius 3 is 2.37 bits per heavy atom. The second-order valence-corrected chi connectivity index (χ2v) is 9.60. The van der Waals surface area contributed by atoms with E-state index in [0.717, 1.165) is 32.1 Å². The highest BCUT2D eigenvalue weighted by atomic mass is 16.3. The van der Waals surface area contributed by atoms with Crippen molar-refractivity contribution < 1.29 is 20.4 Å². The lowest BCUT2D eigenvalue weighted by Gasteiger charge is -2.59. The van der Waals surface area contributed by atoms with Gasteiger partial charge in [-0.25, -0.2) is 0 Å². The smallest absolute Gasteiger partial charge is 0.130 e. The van der Waals surface area contributed by atoms with E-state index in [1.54, 1.807) is 6.92 Å². The molecule has 3 saturated carbocycles. The van der Waals surface area contributed by atoms with Gasteiger partial charge in [0.1, 0.15) is 5.60 Å². The average Bonchev–Trinajstić information content (AvgIpc) is 2.89. The van der Waals surface area contributed by atoms with E-state index in [-0.39, 0.29) is 35.4 Å². The van der Waals surface area contributed by atoms with Crippen LogP contribution in [0.2, 0.25) is 0 Å². The zero-order valence-electron chi connectivity index (χ0n) is 17.0.